The third-order valence-corrected chi connectivity index (χ3v) is 13.5. The van der Waals surface area contributed by atoms with E-state index in [0.29, 0.717) is 0 Å². The van der Waals surface area contributed by atoms with Crippen LogP contribution in [0.15, 0.2) is 267 Å². The third-order valence-electron chi connectivity index (χ3n) is 13.5. The van der Waals surface area contributed by atoms with Crippen LogP contribution in [0.4, 0.5) is 0 Å². The number of fused-ring (bicyclic) bond motifs is 2. The van der Waals surface area contributed by atoms with E-state index in [2.05, 4.69) is 304 Å². The molecule has 0 aliphatic heterocycles. The van der Waals surface area contributed by atoms with Gasteiger partial charge in [0.1, 0.15) is 0 Å². The van der Waals surface area contributed by atoms with Crippen molar-refractivity contribution >= 4 is 57.5 Å². The molecule has 0 spiro atoms. The van der Waals surface area contributed by atoms with E-state index in [9.17, 15) is 0 Å². The molecule has 0 bridgehead atoms. The maximum atomic E-state index is 2.34. The van der Waals surface area contributed by atoms with Gasteiger partial charge in [0.05, 0.1) is 0 Å². The van der Waals surface area contributed by atoms with Crippen molar-refractivity contribution in [2.75, 3.05) is 0 Å². The average molecular weight is 923 g/mol. The van der Waals surface area contributed by atoms with Gasteiger partial charge in [-0.15, -0.1) is 0 Å². The Bertz CT molecular complexity index is 3480. The fourth-order valence-electron chi connectivity index (χ4n) is 9.65. The molecule has 0 radical (unpaired) electrons. The average Bonchev–Trinajstić information content (AvgIpc) is 3.44. The van der Waals surface area contributed by atoms with Crippen molar-refractivity contribution in [1.29, 1.82) is 0 Å². The van der Waals surface area contributed by atoms with E-state index in [1.165, 1.54) is 105 Å². The number of benzene rings is 11. The van der Waals surface area contributed by atoms with Gasteiger partial charge in [0, 0.05) is 0 Å². The summed E-state index contributed by atoms with van der Waals surface area (Å²) >= 11 is 0. The van der Waals surface area contributed by atoms with Crippen LogP contribution in [0.3, 0.4) is 0 Å². The Morgan fingerprint density at radius 3 is 1.00 bits per heavy atom. The highest BCUT2D eigenvalue weighted by Crippen LogP contribution is 2.36. The largest absolute Gasteiger partial charge is 0.0622 e. The summed E-state index contributed by atoms with van der Waals surface area (Å²) < 4.78 is 0. The van der Waals surface area contributed by atoms with Crippen LogP contribution in [0.2, 0.25) is 0 Å². The lowest BCUT2D eigenvalue weighted by molar-refractivity contribution is 1.15. The zero-order valence-corrected chi connectivity index (χ0v) is 40.9. The van der Waals surface area contributed by atoms with Gasteiger partial charge >= 0.3 is 0 Å². The van der Waals surface area contributed by atoms with Crippen LogP contribution in [0.5, 0.6) is 0 Å². The summed E-state index contributed by atoms with van der Waals surface area (Å²) in [5, 5.41) is 4.99. The lowest BCUT2D eigenvalue weighted by Crippen LogP contribution is -1.92. The summed E-state index contributed by atoms with van der Waals surface area (Å²) in [4.78, 5) is 0. The topological polar surface area (TPSA) is 0 Å². The minimum absolute atomic E-state index is 0.923. The fraction of sp³-hybridized carbons (Fsp3) is 0.0556. The molecular formula is C72H58. The second kappa shape index (κ2) is 23.2. The summed E-state index contributed by atoms with van der Waals surface area (Å²) in [5.74, 6) is 0. The molecule has 0 amide bonds. The first-order valence-electron chi connectivity index (χ1n) is 25.1. The molecule has 11 rings (SSSR count). The first-order valence-corrected chi connectivity index (χ1v) is 25.1. The molecule has 0 aromatic heterocycles. The van der Waals surface area contributed by atoms with Gasteiger partial charge in [-0.3, -0.25) is 0 Å². The molecule has 0 aliphatic carbocycles. The molecule has 0 N–H and O–H groups in total. The Morgan fingerprint density at radius 1 is 0.264 bits per heavy atom. The maximum absolute atomic E-state index is 2.34. The van der Waals surface area contributed by atoms with Gasteiger partial charge in [0.25, 0.3) is 0 Å². The Labute approximate surface area is 426 Å². The minimum atomic E-state index is 0.923. The number of aryl methyl sites for hydroxylation is 1. The monoisotopic (exact) mass is 922 g/mol. The van der Waals surface area contributed by atoms with Gasteiger partial charge in [-0.05, 0) is 137 Å². The predicted molar refractivity (Wildman–Crippen MR) is 311 cm³/mol. The summed E-state index contributed by atoms with van der Waals surface area (Å²) in [6.07, 6.45) is 14.4. The zero-order chi connectivity index (χ0) is 48.7. The standard InChI is InChI=1S/C52H40.C20H18/c1-38-16-8-9-19-41(38)32-34-50-46-24-12-14-26-48(46)51(49-27-15-13-25-47(49)50)35-33-42-20-10-11-23-45(42)37-52(43-21-6-3-7-22-43)44-30-28-40(29-31-44)36-39-17-4-2-5-18-39;1-3-7-17(8-4-1)15-19-11-13-20(14-12-19)16-18-9-5-2-6-10-18/h2-35,37H,36H2,1H3;1-14H,15-16H2/b34-32?,35-33?,52-37-;. The fourth-order valence-corrected chi connectivity index (χ4v) is 9.65. The molecule has 0 saturated heterocycles. The van der Waals surface area contributed by atoms with E-state index in [1.54, 1.807) is 0 Å². The molecule has 0 nitrogen and oxygen atoms in total. The van der Waals surface area contributed by atoms with E-state index >= 15 is 0 Å². The van der Waals surface area contributed by atoms with Gasteiger partial charge in [0.15, 0.2) is 0 Å². The molecule has 0 fully saturated rings. The van der Waals surface area contributed by atoms with Crippen LogP contribution in [0, 0.1) is 6.92 Å². The Hall–Kier alpha value is -8.84. The highest BCUT2D eigenvalue weighted by Gasteiger charge is 2.12. The van der Waals surface area contributed by atoms with Crippen LogP contribution in [-0.2, 0) is 19.3 Å². The summed E-state index contributed by atoms with van der Waals surface area (Å²) in [6, 6.07) is 95.5. The minimum Gasteiger partial charge on any atom is -0.0622 e. The van der Waals surface area contributed by atoms with Crippen LogP contribution < -0.4 is 0 Å². The summed E-state index contributed by atoms with van der Waals surface area (Å²) in [7, 11) is 0. The van der Waals surface area contributed by atoms with Crippen molar-refractivity contribution in [3.05, 3.63) is 345 Å². The number of hydrogen-bond donors (Lipinski definition) is 0. The smallest absolute Gasteiger partial charge is 0.00258 e. The summed E-state index contributed by atoms with van der Waals surface area (Å²) in [6.45, 7) is 2.17. The van der Waals surface area contributed by atoms with Crippen molar-refractivity contribution in [3.63, 3.8) is 0 Å². The zero-order valence-electron chi connectivity index (χ0n) is 40.9. The molecule has 0 saturated carbocycles. The van der Waals surface area contributed by atoms with Gasteiger partial charge in [0.2, 0.25) is 0 Å². The Balaban J connectivity index is 0.000000248. The maximum Gasteiger partial charge on any atom is -0.00258 e. The molecule has 0 unspecified atom stereocenters. The molecule has 11 aromatic rings. The predicted octanol–water partition coefficient (Wildman–Crippen LogP) is 18.7. The third kappa shape index (κ3) is 11.8. The van der Waals surface area contributed by atoms with Crippen LogP contribution >= 0.6 is 0 Å². The van der Waals surface area contributed by atoms with Gasteiger partial charge in [-0.2, -0.15) is 0 Å². The quantitative estimate of drug-likeness (QED) is 0.0798. The van der Waals surface area contributed by atoms with Crippen LogP contribution in [0.1, 0.15) is 77.9 Å². The van der Waals surface area contributed by atoms with Gasteiger partial charge in [-0.25, -0.2) is 0 Å². The molecule has 11 aromatic carbocycles. The van der Waals surface area contributed by atoms with Crippen LogP contribution in [0.25, 0.3) is 57.5 Å². The van der Waals surface area contributed by atoms with Crippen molar-refractivity contribution < 1.29 is 0 Å². The molecule has 0 heteroatoms. The van der Waals surface area contributed by atoms with E-state index in [-0.39, 0.29) is 0 Å². The first kappa shape index (κ1) is 46.9. The van der Waals surface area contributed by atoms with Crippen molar-refractivity contribution in [2.45, 2.75) is 26.2 Å². The van der Waals surface area contributed by atoms with Gasteiger partial charge < -0.3 is 0 Å². The van der Waals surface area contributed by atoms with E-state index in [4.69, 9.17) is 0 Å². The molecule has 346 valence electrons. The van der Waals surface area contributed by atoms with Crippen molar-refractivity contribution in [1.82, 2.24) is 0 Å². The molecular weight excluding hydrogens is 865 g/mol. The molecule has 0 aliphatic rings. The Morgan fingerprint density at radius 2 is 0.569 bits per heavy atom. The number of hydrogen-bond acceptors (Lipinski definition) is 0. The molecule has 0 heterocycles. The highest BCUT2D eigenvalue weighted by molar-refractivity contribution is 6.14. The molecule has 0 atom stereocenters. The Kier molecular flexibility index (Phi) is 15.1. The molecule has 72 heavy (non-hydrogen) atoms. The number of rotatable bonds is 13. The second-order valence-electron chi connectivity index (χ2n) is 18.5. The van der Waals surface area contributed by atoms with Crippen molar-refractivity contribution in [2.24, 2.45) is 0 Å². The summed E-state index contributed by atoms with van der Waals surface area (Å²) in [5.41, 5.74) is 19.0. The second-order valence-corrected chi connectivity index (χ2v) is 18.5. The SMILES string of the molecule is Cc1ccccc1C=Cc1c2ccccc2c(C=Cc2ccccc2/C=C(/c2ccccc2)c2ccc(Cc3ccccc3)cc2)c2ccccc12.c1ccc(Cc2ccc(Cc3ccccc3)cc2)cc1. The van der Waals surface area contributed by atoms with E-state index < -0.39 is 0 Å². The van der Waals surface area contributed by atoms with Gasteiger partial charge in [-0.1, -0.05) is 291 Å². The first-order chi connectivity index (χ1) is 35.6. The lowest BCUT2D eigenvalue weighted by atomic mass is 9.90. The normalized spacial score (nSPS) is 11.5. The van der Waals surface area contributed by atoms with E-state index in [0.717, 1.165) is 19.3 Å². The highest BCUT2D eigenvalue weighted by atomic mass is 14.2. The van der Waals surface area contributed by atoms with Crippen molar-refractivity contribution in [3.8, 4) is 0 Å². The lowest BCUT2D eigenvalue weighted by Gasteiger charge is -2.14. The van der Waals surface area contributed by atoms with E-state index in [1.807, 2.05) is 0 Å². The van der Waals surface area contributed by atoms with Crippen LogP contribution in [-0.4, -0.2) is 0 Å².